The minimum Gasteiger partial charge on any atom is -0.493 e. The normalized spacial score (nSPS) is 10.8. The molecule has 9 nitrogen and oxygen atoms in total. The van der Waals surface area contributed by atoms with Crippen molar-refractivity contribution in [1.29, 1.82) is 0 Å². The molecule has 40 heavy (non-hydrogen) atoms. The summed E-state index contributed by atoms with van der Waals surface area (Å²) in [5.74, 6) is 1.35. The van der Waals surface area contributed by atoms with E-state index in [1.165, 1.54) is 30.5 Å². The fraction of sp³-hybridized carbons (Fsp3) is 0.103. The topological polar surface area (TPSA) is 112 Å². The summed E-state index contributed by atoms with van der Waals surface area (Å²) in [6.07, 6.45) is 1.47. The Bertz CT molecular complexity index is 1510. The molecule has 0 aromatic heterocycles. The maximum atomic E-state index is 12.2. The van der Waals surface area contributed by atoms with Crippen LogP contribution >= 0.6 is 31.9 Å². The van der Waals surface area contributed by atoms with Crippen molar-refractivity contribution >= 4 is 49.7 Å². The Morgan fingerprint density at radius 2 is 1.57 bits per heavy atom. The molecule has 1 amide bonds. The van der Waals surface area contributed by atoms with Crippen LogP contribution in [0.1, 0.15) is 27.0 Å². The van der Waals surface area contributed by atoms with Gasteiger partial charge >= 0.3 is 0 Å². The predicted molar refractivity (Wildman–Crippen MR) is 158 cm³/mol. The molecule has 0 radical (unpaired) electrons. The van der Waals surface area contributed by atoms with Gasteiger partial charge in [0.1, 0.15) is 19.0 Å². The Morgan fingerprint density at radius 1 is 0.900 bits per heavy atom. The van der Waals surface area contributed by atoms with Crippen molar-refractivity contribution < 1.29 is 23.9 Å². The number of methoxy groups -OCH3 is 1. The van der Waals surface area contributed by atoms with E-state index in [4.69, 9.17) is 14.2 Å². The number of carbonyl (C=O) groups is 1. The van der Waals surface area contributed by atoms with Crippen molar-refractivity contribution in [1.82, 2.24) is 5.43 Å². The Morgan fingerprint density at radius 3 is 2.23 bits per heavy atom. The zero-order valence-corrected chi connectivity index (χ0v) is 24.3. The van der Waals surface area contributed by atoms with E-state index in [1.807, 2.05) is 48.5 Å². The zero-order chi connectivity index (χ0) is 28.5. The van der Waals surface area contributed by atoms with Crippen LogP contribution in [-0.4, -0.2) is 24.2 Å². The number of nitro groups is 1. The van der Waals surface area contributed by atoms with Crippen LogP contribution in [0.4, 0.5) is 5.69 Å². The van der Waals surface area contributed by atoms with Gasteiger partial charge in [-0.25, -0.2) is 5.43 Å². The van der Waals surface area contributed by atoms with Gasteiger partial charge in [-0.2, -0.15) is 5.10 Å². The van der Waals surface area contributed by atoms with E-state index in [-0.39, 0.29) is 17.9 Å². The van der Waals surface area contributed by atoms with Gasteiger partial charge in [-0.3, -0.25) is 14.9 Å². The van der Waals surface area contributed by atoms with Gasteiger partial charge in [-0.1, -0.05) is 36.4 Å². The zero-order valence-electron chi connectivity index (χ0n) is 21.2. The highest BCUT2D eigenvalue weighted by atomic mass is 79.9. The lowest BCUT2D eigenvalue weighted by molar-refractivity contribution is -0.384. The molecule has 0 aliphatic carbocycles. The van der Waals surface area contributed by atoms with Crippen molar-refractivity contribution in [2.45, 2.75) is 13.2 Å². The molecule has 0 aliphatic rings. The number of ether oxygens (including phenoxy) is 3. The Balaban J connectivity index is 1.35. The lowest BCUT2D eigenvalue weighted by atomic mass is 10.2. The number of halogens is 2. The molecule has 0 aliphatic heterocycles. The molecule has 4 aromatic rings. The number of nitrogens with zero attached hydrogens (tertiary/aromatic N) is 2. The second-order valence-electron chi connectivity index (χ2n) is 8.36. The number of hydrazone groups is 1. The highest BCUT2D eigenvalue weighted by Gasteiger charge is 2.12. The lowest BCUT2D eigenvalue weighted by Gasteiger charge is -2.14. The third-order valence-electron chi connectivity index (χ3n) is 5.59. The van der Waals surface area contributed by atoms with Gasteiger partial charge < -0.3 is 14.2 Å². The first-order chi connectivity index (χ1) is 19.3. The summed E-state index contributed by atoms with van der Waals surface area (Å²) in [5.41, 5.74) is 5.21. The minimum absolute atomic E-state index is 0.0962. The molecule has 4 aromatic carbocycles. The molecule has 4 rings (SSSR count). The fourth-order valence-corrected chi connectivity index (χ4v) is 5.02. The van der Waals surface area contributed by atoms with Crippen molar-refractivity contribution in [3.05, 3.63) is 126 Å². The van der Waals surface area contributed by atoms with Crippen LogP contribution in [0.5, 0.6) is 17.2 Å². The van der Waals surface area contributed by atoms with Gasteiger partial charge in [-0.05, 0) is 84.9 Å². The second-order valence-corrected chi connectivity index (χ2v) is 10.1. The molecule has 0 bridgehead atoms. The van der Waals surface area contributed by atoms with Crippen LogP contribution in [0.25, 0.3) is 0 Å². The first kappa shape index (κ1) is 28.8. The number of carbonyl (C=O) groups excluding carboxylic acids is 1. The van der Waals surface area contributed by atoms with Gasteiger partial charge in [0.15, 0.2) is 11.5 Å². The third kappa shape index (κ3) is 7.67. The molecule has 0 saturated carbocycles. The van der Waals surface area contributed by atoms with Crippen LogP contribution in [0.3, 0.4) is 0 Å². The maximum absolute atomic E-state index is 12.2. The molecular weight excluding hydrogens is 646 g/mol. The number of hydrogen-bond acceptors (Lipinski definition) is 7. The maximum Gasteiger partial charge on any atom is 0.271 e. The molecule has 204 valence electrons. The van der Waals surface area contributed by atoms with Gasteiger partial charge in [0.25, 0.3) is 11.6 Å². The van der Waals surface area contributed by atoms with Crippen molar-refractivity contribution in [3.63, 3.8) is 0 Å². The SMILES string of the molecule is COc1cc(COc2c(Br)cc(/C=N/NC(=O)c3ccc([N+](=O)[O-])cc3)cc2Br)ccc1OCc1ccccc1. The van der Waals surface area contributed by atoms with Crippen LogP contribution < -0.4 is 19.6 Å². The molecule has 0 spiro atoms. The largest absolute Gasteiger partial charge is 0.493 e. The summed E-state index contributed by atoms with van der Waals surface area (Å²) in [6.45, 7) is 0.717. The Labute approximate surface area is 247 Å². The van der Waals surface area contributed by atoms with Gasteiger partial charge in [-0.15, -0.1) is 0 Å². The summed E-state index contributed by atoms with van der Waals surface area (Å²) < 4.78 is 18.9. The Kier molecular flexibility index (Phi) is 9.87. The number of benzene rings is 4. The summed E-state index contributed by atoms with van der Waals surface area (Å²) in [7, 11) is 1.59. The Hall–Kier alpha value is -4.22. The average molecular weight is 669 g/mol. The number of hydrogen-bond donors (Lipinski definition) is 1. The average Bonchev–Trinajstić information content (AvgIpc) is 2.96. The highest BCUT2D eigenvalue weighted by molar-refractivity contribution is 9.11. The third-order valence-corrected chi connectivity index (χ3v) is 6.77. The predicted octanol–water partition coefficient (Wildman–Crippen LogP) is 7.05. The van der Waals surface area contributed by atoms with Crippen molar-refractivity contribution in [3.8, 4) is 17.2 Å². The number of nitrogens with one attached hydrogen (secondary N) is 1. The van der Waals surface area contributed by atoms with Gasteiger partial charge in [0, 0.05) is 17.7 Å². The smallest absolute Gasteiger partial charge is 0.271 e. The molecular formula is C29H23Br2N3O6. The fourth-order valence-electron chi connectivity index (χ4n) is 3.57. The highest BCUT2D eigenvalue weighted by Crippen LogP contribution is 2.36. The summed E-state index contributed by atoms with van der Waals surface area (Å²) >= 11 is 7.05. The molecule has 1 N–H and O–H groups in total. The van der Waals surface area contributed by atoms with Gasteiger partial charge in [0.05, 0.1) is 27.2 Å². The molecule has 0 unspecified atom stereocenters. The van der Waals surface area contributed by atoms with E-state index in [1.54, 1.807) is 19.2 Å². The van der Waals surface area contributed by atoms with E-state index >= 15 is 0 Å². The van der Waals surface area contributed by atoms with E-state index in [0.717, 1.165) is 11.1 Å². The summed E-state index contributed by atoms with van der Waals surface area (Å²) in [6, 6.07) is 24.4. The quantitative estimate of drug-likeness (QED) is 0.104. The molecule has 0 atom stereocenters. The lowest BCUT2D eigenvalue weighted by Crippen LogP contribution is -2.17. The van der Waals surface area contributed by atoms with Crippen LogP contribution in [0.2, 0.25) is 0 Å². The molecule has 11 heteroatoms. The monoisotopic (exact) mass is 667 g/mol. The number of rotatable bonds is 11. The summed E-state index contributed by atoms with van der Waals surface area (Å²) in [5, 5.41) is 14.7. The standard InChI is InChI=1S/C29H23Br2N3O6/c1-38-27-15-20(7-12-26(27)39-17-19-5-3-2-4-6-19)18-40-28-24(30)13-21(14-25(28)31)16-32-33-29(35)22-8-10-23(11-9-22)34(36)37/h2-16H,17-18H2,1H3,(H,33,35)/b32-16+. The van der Waals surface area contributed by atoms with Crippen LogP contribution in [0.15, 0.2) is 99.0 Å². The molecule has 0 heterocycles. The number of amides is 1. The summed E-state index contributed by atoms with van der Waals surface area (Å²) in [4.78, 5) is 22.5. The van der Waals surface area contributed by atoms with E-state index in [2.05, 4.69) is 42.4 Å². The molecule has 0 saturated heterocycles. The van der Waals surface area contributed by atoms with Crippen molar-refractivity contribution in [2.75, 3.05) is 7.11 Å². The van der Waals surface area contributed by atoms with Crippen molar-refractivity contribution in [2.24, 2.45) is 5.10 Å². The molecule has 0 fully saturated rings. The van der Waals surface area contributed by atoms with Gasteiger partial charge in [0.2, 0.25) is 0 Å². The van der Waals surface area contributed by atoms with Crippen LogP contribution in [-0.2, 0) is 13.2 Å². The second kappa shape index (κ2) is 13.7. The number of non-ortho nitro benzene ring substituents is 1. The van der Waals surface area contributed by atoms with E-state index in [0.29, 0.717) is 38.4 Å². The minimum atomic E-state index is -0.529. The van der Waals surface area contributed by atoms with E-state index in [9.17, 15) is 14.9 Å². The van der Waals surface area contributed by atoms with Crippen LogP contribution in [0, 0.1) is 10.1 Å². The number of nitro benzene ring substituents is 1. The van der Waals surface area contributed by atoms with E-state index < -0.39 is 10.8 Å². The first-order valence-corrected chi connectivity index (χ1v) is 13.5. The first-order valence-electron chi connectivity index (χ1n) is 11.9.